The number of ether oxygens (including phenoxy) is 1. The molecule has 33 heavy (non-hydrogen) atoms. The number of carbonyl (C=O) groups excluding carboxylic acids is 1. The first-order valence-corrected chi connectivity index (χ1v) is 11.3. The molecule has 172 valence electrons. The van der Waals surface area contributed by atoms with Crippen LogP contribution in [0.3, 0.4) is 0 Å². The van der Waals surface area contributed by atoms with Gasteiger partial charge in [-0.25, -0.2) is 18.2 Å². The number of hydrazone groups is 1. The van der Waals surface area contributed by atoms with Crippen molar-refractivity contribution in [3.8, 4) is 11.5 Å². The van der Waals surface area contributed by atoms with Gasteiger partial charge < -0.3 is 9.84 Å². The van der Waals surface area contributed by atoms with Crippen molar-refractivity contribution in [2.75, 3.05) is 11.8 Å². The Bertz CT molecular complexity index is 1290. The number of halogens is 1. The second kappa shape index (κ2) is 10.1. The average Bonchev–Trinajstić information content (AvgIpc) is 2.81. The molecule has 0 aliphatic heterocycles. The lowest BCUT2D eigenvalue weighted by molar-refractivity contribution is 0.0954. The van der Waals surface area contributed by atoms with E-state index in [4.69, 9.17) is 4.74 Å². The quantitative estimate of drug-likeness (QED) is 0.340. The van der Waals surface area contributed by atoms with Crippen LogP contribution in [0.2, 0.25) is 0 Å². The molecule has 0 radical (unpaired) electrons. The molecule has 0 aliphatic carbocycles. The van der Waals surface area contributed by atoms with Crippen LogP contribution in [0.4, 0.5) is 10.1 Å². The van der Waals surface area contributed by atoms with Gasteiger partial charge in [0.1, 0.15) is 17.3 Å². The third-order valence-electron chi connectivity index (χ3n) is 4.65. The first-order valence-electron chi connectivity index (χ1n) is 9.86. The van der Waals surface area contributed by atoms with E-state index in [1.807, 2.05) is 0 Å². The largest absolute Gasteiger partial charge is 0.507 e. The topological polar surface area (TPSA) is 117 Å². The minimum atomic E-state index is -3.96. The fourth-order valence-corrected chi connectivity index (χ4v) is 4.03. The Morgan fingerprint density at radius 1 is 1.09 bits per heavy atom. The fourth-order valence-electron chi connectivity index (χ4n) is 2.93. The van der Waals surface area contributed by atoms with Crippen molar-refractivity contribution in [2.24, 2.45) is 5.10 Å². The van der Waals surface area contributed by atoms with Crippen molar-refractivity contribution < 1.29 is 27.4 Å². The van der Waals surface area contributed by atoms with Crippen LogP contribution in [0.15, 0.2) is 76.7 Å². The van der Waals surface area contributed by atoms with Gasteiger partial charge in [-0.3, -0.25) is 9.52 Å². The van der Waals surface area contributed by atoms with Gasteiger partial charge in [-0.15, -0.1) is 0 Å². The second-order valence-electron chi connectivity index (χ2n) is 6.88. The highest BCUT2D eigenvalue weighted by molar-refractivity contribution is 7.92. The van der Waals surface area contributed by atoms with Gasteiger partial charge in [-0.05, 0) is 67.1 Å². The molecule has 0 atom stereocenters. The van der Waals surface area contributed by atoms with E-state index < -0.39 is 21.7 Å². The Morgan fingerprint density at radius 2 is 1.82 bits per heavy atom. The maximum atomic E-state index is 13.5. The monoisotopic (exact) mass is 471 g/mol. The molecule has 0 spiro atoms. The fraction of sp³-hybridized carbons (Fsp3) is 0.130. The van der Waals surface area contributed by atoms with Crippen LogP contribution in [0.5, 0.6) is 11.5 Å². The molecule has 10 heteroatoms. The smallest absolute Gasteiger partial charge is 0.271 e. The Balaban J connectivity index is 1.79. The summed E-state index contributed by atoms with van der Waals surface area (Å²) in [7, 11) is -2.46. The van der Waals surface area contributed by atoms with Gasteiger partial charge in [0.15, 0.2) is 0 Å². The summed E-state index contributed by atoms with van der Waals surface area (Å²) in [6, 6.07) is 15.2. The maximum absolute atomic E-state index is 13.5. The van der Waals surface area contributed by atoms with E-state index in [0.29, 0.717) is 17.9 Å². The van der Waals surface area contributed by atoms with Crippen LogP contribution < -0.4 is 14.9 Å². The number of methoxy groups -OCH3 is 1. The number of carbonyl (C=O) groups is 1. The van der Waals surface area contributed by atoms with Crippen molar-refractivity contribution in [3.05, 3.63) is 83.7 Å². The van der Waals surface area contributed by atoms with Crippen molar-refractivity contribution in [1.29, 1.82) is 0 Å². The molecule has 0 heterocycles. The van der Waals surface area contributed by atoms with Gasteiger partial charge in [0.2, 0.25) is 0 Å². The number of amides is 1. The third-order valence-corrected chi connectivity index (χ3v) is 6.02. The van der Waals surface area contributed by atoms with Gasteiger partial charge >= 0.3 is 0 Å². The molecule has 0 saturated heterocycles. The van der Waals surface area contributed by atoms with Crippen molar-refractivity contribution >= 4 is 27.3 Å². The lowest BCUT2D eigenvalue weighted by Crippen LogP contribution is -2.21. The van der Waals surface area contributed by atoms with Crippen molar-refractivity contribution in [2.45, 2.75) is 18.2 Å². The predicted octanol–water partition coefficient (Wildman–Crippen LogP) is 3.88. The number of aromatic hydroxyl groups is 1. The standard InChI is InChI=1S/C23H22FN3O5S/c1-3-21(20-14-16(24)7-12-22(20)28)25-26-23(29)15-5-4-6-19(13-15)33(30,31)27-17-8-10-18(32-2)11-9-17/h4-14,27-28H,3H2,1-2H3,(H,26,29)/b25-21+. The molecule has 0 aromatic heterocycles. The number of nitrogens with zero attached hydrogens (tertiary/aromatic N) is 1. The Kier molecular flexibility index (Phi) is 7.29. The Hall–Kier alpha value is -3.92. The minimum Gasteiger partial charge on any atom is -0.507 e. The van der Waals surface area contributed by atoms with Gasteiger partial charge in [0, 0.05) is 16.8 Å². The van der Waals surface area contributed by atoms with Crippen molar-refractivity contribution in [1.82, 2.24) is 5.43 Å². The Morgan fingerprint density at radius 3 is 2.48 bits per heavy atom. The normalized spacial score (nSPS) is 11.7. The molecule has 0 aliphatic rings. The number of sulfonamides is 1. The predicted molar refractivity (Wildman–Crippen MR) is 123 cm³/mol. The van der Waals surface area contributed by atoms with Crippen LogP contribution >= 0.6 is 0 Å². The van der Waals surface area contributed by atoms with Gasteiger partial charge in [-0.1, -0.05) is 13.0 Å². The number of nitrogens with one attached hydrogen (secondary N) is 2. The van der Waals surface area contributed by atoms with Crippen LogP contribution in [0.25, 0.3) is 0 Å². The first kappa shape index (κ1) is 23.7. The number of phenols is 1. The van der Waals surface area contributed by atoms with E-state index in [0.717, 1.165) is 12.1 Å². The molecule has 3 aromatic carbocycles. The average molecular weight is 472 g/mol. The summed E-state index contributed by atoms with van der Waals surface area (Å²) in [5.41, 5.74) is 3.11. The molecule has 0 bridgehead atoms. The molecule has 0 unspecified atom stereocenters. The number of anilines is 1. The summed E-state index contributed by atoms with van der Waals surface area (Å²) in [4.78, 5) is 12.5. The van der Waals surface area contributed by atoms with Gasteiger partial charge in [0.25, 0.3) is 15.9 Å². The van der Waals surface area contributed by atoms with E-state index in [2.05, 4.69) is 15.2 Å². The van der Waals surface area contributed by atoms with Crippen molar-refractivity contribution in [3.63, 3.8) is 0 Å². The number of hydrogen-bond donors (Lipinski definition) is 3. The summed E-state index contributed by atoms with van der Waals surface area (Å²) >= 11 is 0. The highest BCUT2D eigenvalue weighted by atomic mass is 32.2. The van der Waals surface area contributed by atoms with Crippen LogP contribution in [0.1, 0.15) is 29.3 Å². The summed E-state index contributed by atoms with van der Waals surface area (Å²) in [5.74, 6) is -0.824. The number of hydrogen-bond acceptors (Lipinski definition) is 6. The molecule has 0 fully saturated rings. The van der Waals surface area contributed by atoms with E-state index in [-0.39, 0.29) is 27.5 Å². The second-order valence-corrected chi connectivity index (χ2v) is 8.56. The number of rotatable bonds is 8. The molecule has 1 amide bonds. The summed E-state index contributed by atoms with van der Waals surface area (Å²) in [5, 5.41) is 13.9. The van der Waals surface area contributed by atoms with Crippen LogP contribution in [-0.2, 0) is 10.0 Å². The number of benzene rings is 3. The van der Waals surface area contributed by atoms with Crippen LogP contribution in [0, 0.1) is 5.82 Å². The third kappa shape index (κ3) is 5.86. The molecule has 3 rings (SSSR count). The molecule has 0 saturated carbocycles. The lowest BCUT2D eigenvalue weighted by atomic mass is 10.1. The van der Waals surface area contributed by atoms with Gasteiger partial charge in [-0.2, -0.15) is 5.10 Å². The molecular formula is C23H22FN3O5S. The summed E-state index contributed by atoms with van der Waals surface area (Å²) in [6.45, 7) is 1.73. The van der Waals surface area contributed by atoms with Crippen LogP contribution in [-0.4, -0.2) is 32.3 Å². The maximum Gasteiger partial charge on any atom is 0.271 e. The summed E-state index contributed by atoms with van der Waals surface area (Å²) in [6.07, 6.45) is 0.303. The molecular weight excluding hydrogens is 449 g/mol. The SMILES string of the molecule is CC/C(=N\NC(=O)c1cccc(S(=O)(=O)Nc2ccc(OC)cc2)c1)c1cc(F)ccc1O. The highest BCUT2D eigenvalue weighted by Crippen LogP contribution is 2.21. The van der Waals surface area contributed by atoms with E-state index in [1.165, 1.54) is 37.4 Å². The zero-order valence-electron chi connectivity index (χ0n) is 17.9. The van der Waals surface area contributed by atoms with E-state index >= 15 is 0 Å². The zero-order valence-corrected chi connectivity index (χ0v) is 18.7. The van der Waals surface area contributed by atoms with Gasteiger partial charge in [0.05, 0.1) is 17.7 Å². The highest BCUT2D eigenvalue weighted by Gasteiger charge is 2.17. The van der Waals surface area contributed by atoms with E-state index in [9.17, 15) is 22.7 Å². The molecule has 3 aromatic rings. The minimum absolute atomic E-state index is 0.0512. The first-order chi connectivity index (χ1) is 15.7. The molecule has 3 N–H and O–H groups in total. The Labute approximate surface area is 190 Å². The van der Waals surface area contributed by atoms with E-state index in [1.54, 1.807) is 31.2 Å². The number of phenolic OH excluding ortho intramolecular Hbond substituents is 1. The lowest BCUT2D eigenvalue weighted by Gasteiger charge is -2.10. The molecule has 8 nitrogen and oxygen atoms in total. The zero-order chi connectivity index (χ0) is 24.0. The summed E-state index contributed by atoms with van der Waals surface area (Å²) < 4.78 is 46.5.